The van der Waals surface area contributed by atoms with E-state index in [0.717, 1.165) is 43.7 Å². The third-order valence-electron chi connectivity index (χ3n) is 4.05. The molecule has 2 heterocycles. The number of para-hydroxylation sites is 1. The van der Waals surface area contributed by atoms with Crippen molar-refractivity contribution >= 4 is 11.7 Å². The third kappa shape index (κ3) is 2.96. The molecule has 108 valence electrons. The van der Waals surface area contributed by atoms with Crippen molar-refractivity contribution < 1.29 is 14.3 Å². The fourth-order valence-electron chi connectivity index (χ4n) is 2.93. The zero-order valence-electron chi connectivity index (χ0n) is 11.6. The predicted octanol–water partition coefficient (Wildman–Crippen LogP) is 2.70. The van der Waals surface area contributed by atoms with Crippen LogP contribution in [-0.4, -0.2) is 31.8 Å². The summed E-state index contributed by atoms with van der Waals surface area (Å²) in [6.45, 7) is 2.00. The van der Waals surface area contributed by atoms with E-state index in [4.69, 9.17) is 9.47 Å². The predicted molar refractivity (Wildman–Crippen MR) is 76.8 cm³/mol. The van der Waals surface area contributed by atoms with Gasteiger partial charge in [-0.3, -0.25) is 4.79 Å². The van der Waals surface area contributed by atoms with E-state index in [-0.39, 0.29) is 18.0 Å². The molecule has 0 saturated carbocycles. The van der Waals surface area contributed by atoms with Crippen LogP contribution in [0, 0.1) is 0 Å². The Morgan fingerprint density at radius 3 is 3.05 bits per heavy atom. The van der Waals surface area contributed by atoms with E-state index in [1.807, 2.05) is 24.3 Å². The van der Waals surface area contributed by atoms with Crippen LogP contribution in [-0.2, 0) is 14.3 Å². The average molecular weight is 275 g/mol. The third-order valence-corrected chi connectivity index (χ3v) is 4.05. The first-order valence-corrected chi connectivity index (χ1v) is 7.45. The van der Waals surface area contributed by atoms with E-state index in [9.17, 15) is 4.79 Å². The van der Waals surface area contributed by atoms with Gasteiger partial charge in [0.05, 0.1) is 12.0 Å². The van der Waals surface area contributed by atoms with Crippen molar-refractivity contribution in [1.29, 1.82) is 0 Å². The number of ether oxygens (including phenoxy) is 2. The van der Waals surface area contributed by atoms with Crippen molar-refractivity contribution in [2.75, 3.05) is 25.1 Å². The molecule has 1 fully saturated rings. The van der Waals surface area contributed by atoms with Crippen LogP contribution in [0.5, 0.6) is 0 Å². The SMILES string of the molecule is O=C(OCC1CCCCO1)C1CCNc2ccccc21. The molecule has 0 bridgehead atoms. The summed E-state index contributed by atoms with van der Waals surface area (Å²) in [4.78, 5) is 12.3. The number of benzene rings is 1. The first-order valence-electron chi connectivity index (χ1n) is 7.45. The van der Waals surface area contributed by atoms with Gasteiger partial charge < -0.3 is 14.8 Å². The smallest absolute Gasteiger partial charge is 0.313 e. The Morgan fingerprint density at radius 1 is 1.30 bits per heavy atom. The van der Waals surface area contributed by atoms with E-state index in [1.54, 1.807) is 0 Å². The fourth-order valence-corrected chi connectivity index (χ4v) is 2.93. The monoisotopic (exact) mass is 275 g/mol. The number of carbonyl (C=O) groups excluding carboxylic acids is 1. The molecule has 0 spiro atoms. The summed E-state index contributed by atoms with van der Waals surface area (Å²) in [7, 11) is 0. The van der Waals surface area contributed by atoms with Crippen LogP contribution >= 0.6 is 0 Å². The summed E-state index contributed by atoms with van der Waals surface area (Å²) in [5.74, 6) is -0.260. The molecule has 0 radical (unpaired) electrons. The number of rotatable bonds is 3. The lowest BCUT2D eigenvalue weighted by molar-refractivity contribution is -0.151. The molecule has 4 heteroatoms. The molecule has 20 heavy (non-hydrogen) atoms. The topological polar surface area (TPSA) is 47.6 Å². The molecule has 0 aromatic heterocycles. The molecule has 0 aliphatic carbocycles. The van der Waals surface area contributed by atoms with Gasteiger partial charge in [0.25, 0.3) is 0 Å². The van der Waals surface area contributed by atoms with Crippen molar-refractivity contribution in [3.8, 4) is 0 Å². The lowest BCUT2D eigenvalue weighted by Gasteiger charge is -2.27. The molecule has 3 rings (SSSR count). The molecule has 1 aromatic carbocycles. The highest BCUT2D eigenvalue weighted by atomic mass is 16.6. The minimum Gasteiger partial charge on any atom is -0.462 e. The Hall–Kier alpha value is -1.55. The maximum Gasteiger partial charge on any atom is 0.313 e. The first kappa shape index (κ1) is 13.4. The van der Waals surface area contributed by atoms with Crippen LogP contribution in [0.3, 0.4) is 0 Å². The lowest BCUT2D eigenvalue weighted by atomic mass is 9.91. The van der Waals surface area contributed by atoms with Crippen molar-refractivity contribution in [3.05, 3.63) is 29.8 Å². The molecule has 0 amide bonds. The number of carbonyl (C=O) groups is 1. The highest BCUT2D eigenvalue weighted by Gasteiger charge is 2.28. The van der Waals surface area contributed by atoms with E-state index in [1.165, 1.54) is 6.42 Å². The second kappa shape index (κ2) is 6.27. The Kier molecular flexibility index (Phi) is 4.21. The Bertz CT molecular complexity index is 469. The molecule has 2 aliphatic heterocycles. The van der Waals surface area contributed by atoms with Crippen LogP contribution in [0.1, 0.15) is 37.2 Å². The van der Waals surface area contributed by atoms with E-state index < -0.39 is 0 Å². The molecule has 2 atom stereocenters. The van der Waals surface area contributed by atoms with E-state index in [2.05, 4.69) is 5.32 Å². The van der Waals surface area contributed by atoms with Crippen LogP contribution in [0.2, 0.25) is 0 Å². The summed E-state index contributed by atoms with van der Waals surface area (Å²) in [5, 5.41) is 3.32. The van der Waals surface area contributed by atoms with Gasteiger partial charge in [-0.1, -0.05) is 18.2 Å². The summed E-state index contributed by atoms with van der Waals surface area (Å²) in [6.07, 6.45) is 4.16. The number of anilines is 1. The normalized spacial score (nSPS) is 25.4. The van der Waals surface area contributed by atoms with Gasteiger partial charge in [0.2, 0.25) is 0 Å². The van der Waals surface area contributed by atoms with Crippen molar-refractivity contribution in [1.82, 2.24) is 0 Å². The average Bonchev–Trinajstić information content (AvgIpc) is 2.53. The molecule has 1 saturated heterocycles. The van der Waals surface area contributed by atoms with Gasteiger partial charge in [-0.05, 0) is 37.3 Å². The molecular formula is C16H21NO3. The van der Waals surface area contributed by atoms with Crippen LogP contribution in [0.4, 0.5) is 5.69 Å². The Balaban J connectivity index is 1.60. The van der Waals surface area contributed by atoms with Gasteiger partial charge in [-0.25, -0.2) is 0 Å². The zero-order chi connectivity index (χ0) is 13.8. The van der Waals surface area contributed by atoms with E-state index >= 15 is 0 Å². The van der Waals surface area contributed by atoms with Gasteiger partial charge in [-0.2, -0.15) is 0 Å². The van der Waals surface area contributed by atoms with E-state index in [0.29, 0.717) is 6.61 Å². The lowest BCUT2D eigenvalue weighted by Crippen LogP contribution is -2.29. The number of hydrogen-bond donors (Lipinski definition) is 1. The van der Waals surface area contributed by atoms with Gasteiger partial charge in [0.15, 0.2) is 0 Å². The molecule has 2 unspecified atom stereocenters. The minimum atomic E-state index is -0.143. The summed E-state index contributed by atoms with van der Waals surface area (Å²) in [6, 6.07) is 7.97. The first-order chi connectivity index (χ1) is 9.84. The van der Waals surface area contributed by atoms with Crippen molar-refractivity contribution in [3.63, 3.8) is 0 Å². The molecule has 1 aromatic rings. The standard InChI is InChI=1S/C16H21NO3/c18-16(20-11-12-5-3-4-10-19-12)14-8-9-17-15-7-2-1-6-13(14)15/h1-2,6-7,12,14,17H,3-5,8-11H2. The highest BCUT2D eigenvalue weighted by molar-refractivity contribution is 5.81. The Morgan fingerprint density at radius 2 is 2.20 bits per heavy atom. The quantitative estimate of drug-likeness (QED) is 0.862. The number of hydrogen-bond acceptors (Lipinski definition) is 4. The van der Waals surface area contributed by atoms with Crippen LogP contribution < -0.4 is 5.32 Å². The number of fused-ring (bicyclic) bond motifs is 1. The summed E-state index contributed by atoms with van der Waals surface area (Å²) in [5.41, 5.74) is 2.10. The second-order valence-electron chi connectivity index (χ2n) is 5.47. The van der Waals surface area contributed by atoms with Crippen LogP contribution in [0.25, 0.3) is 0 Å². The van der Waals surface area contributed by atoms with Crippen molar-refractivity contribution in [2.24, 2.45) is 0 Å². The molecule has 4 nitrogen and oxygen atoms in total. The molecular weight excluding hydrogens is 254 g/mol. The summed E-state index contributed by atoms with van der Waals surface area (Å²) >= 11 is 0. The maximum atomic E-state index is 12.3. The second-order valence-corrected chi connectivity index (χ2v) is 5.47. The van der Waals surface area contributed by atoms with Gasteiger partial charge in [0, 0.05) is 18.8 Å². The number of nitrogens with one attached hydrogen (secondary N) is 1. The molecule has 1 N–H and O–H groups in total. The Labute approximate surface area is 119 Å². The van der Waals surface area contributed by atoms with Gasteiger partial charge >= 0.3 is 5.97 Å². The highest BCUT2D eigenvalue weighted by Crippen LogP contribution is 2.32. The van der Waals surface area contributed by atoms with Gasteiger partial charge in [-0.15, -0.1) is 0 Å². The van der Waals surface area contributed by atoms with Crippen LogP contribution in [0.15, 0.2) is 24.3 Å². The summed E-state index contributed by atoms with van der Waals surface area (Å²) < 4.78 is 11.1. The number of esters is 1. The minimum absolute atomic E-state index is 0.0876. The largest absolute Gasteiger partial charge is 0.462 e. The maximum absolute atomic E-state index is 12.3. The fraction of sp³-hybridized carbons (Fsp3) is 0.562. The zero-order valence-corrected chi connectivity index (χ0v) is 11.6. The van der Waals surface area contributed by atoms with Crippen molar-refractivity contribution in [2.45, 2.75) is 37.7 Å². The van der Waals surface area contributed by atoms with Gasteiger partial charge in [0.1, 0.15) is 6.61 Å². The molecule has 2 aliphatic rings.